The third-order valence-corrected chi connectivity index (χ3v) is 4.29. The summed E-state index contributed by atoms with van der Waals surface area (Å²) in [5, 5.41) is 0. The maximum absolute atomic E-state index is 14.0. The zero-order valence-electron chi connectivity index (χ0n) is 9.86. The highest BCUT2D eigenvalue weighted by Crippen LogP contribution is 2.29. The molecule has 2 rings (SSSR count). The lowest BCUT2D eigenvalue weighted by molar-refractivity contribution is 0.0774. The molecule has 19 heavy (non-hydrogen) atoms. The average molecular weight is 310 g/mol. The molecule has 1 aromatic carbocycles. The first-order valence-corrected chi connectivity index (χ1v) is 7.74. The fraction of sp³-hybridized carbons (Fsp3) is 0.364. The molecule has 1 fully saturated rings. The minimum Gasteiger partial charge on any atom is -0.339 e. The summed E-state index contributed by atoms with van der Waals surface area (Å²) in [4.78, 5) is 12.3. The van der Waals surface area contributed by atoms with Crippen LogP contribution in [0.2, 0.25) is 0 Å². The number of hydrogen-bond donors (Lipinski definition) is 0. The molecule has 0 atom stereocenters. The number of hydrogen-bond acceptors (Lipinski definition) is 3. The van der Waals surface area contributed by atoms with E-state index in [1.807, 2.05) is 0 Å². The predicted octanol–water partition coefficient (Wildman–Crippen LogP) is 2.13. The molecule has 0 N–H and O–H groups in total. The summed E-state index contributed by atoms with van der Waals surface area (Å²) in [6.07, 6.45) is 1.53. The number of amides is 1. The van der Waals surface area contributed by atoms with Gasteiger partial charge in [-0.1, -0.05) is 0 Å². The van der Waals surface area contributed by atoms with Crippen LogP contribution in [0.3, 0.4) is 0 Å². The lowest BCUT2D eigenvalue weighted by Gasteiger charge is -2.17. The largest absolute Gasteiger partial charge is 0.339 e. The molecule has 0 spiro atoms. The van der Waals surface area contributed by atoms with Gasteiger partial charge in [0.25, 0.3) is 15.0 Å². The van der Waals surface area contributed by atoms with Gasteiger partial charge in [0.05, 0.1) is 0 Å². The van der Waals surface area contributed by atoms with Crippen molar-refractivity contribution in [3.05, 3.63) is 29.3 Å². The van der Waals surface area contributed by atoms with E-state index in [1.54, 1.807) is 0 Å². The van der Waals surface area contributed by atoms with Gasteiger partial charge in [-0.2, -0.15) is 0 Å². The zero-order chi connectivity index (χ0) is 14.4. The molecule has 1 aliphatic rings. The first-order chi connectivity index (χ1) is 8.73. The average Bonchev–Trinajstić information content (AvgIpc) is 3.09. The Morgan fingerprint density at radius 1 is 1.37 bits per heavy atom. The van der Waals surface area contributed by atoms with Gasteiger partial charge >= 0.3 is 0 Å². The van der Waals surface area contributed by atoms with Gasteiger partial charge in [0.15, 0.2) is 5.82 Å². The fourth-order valence-electron chi connectivity index (χ4n) is 1.72. The van der Waals surface area contributed by atoms with Crippen LogP contribution in [-0.2, 0) is 9.05 Å². The molecule has 0 radical (unpaired) electrons. The number of nitrogens with zero attached hydrogens (tertiary/aromatic N) is 1. The van der Waals surface area contributed by atoms with Gasteiger partial charge in [0.1, 0.15) is 16.3 Å². The van der Waals surface area contributed by atoms with E-state index in [-0.39, 0.29) is 6.04 Å². The van der Waals surface area contributed by atoms with Crippen molar-refractivity contribution in [2.24, 2.45) is 0 Å². The van der Waals surface area contributed by atoms with Crippen molar-refractivity contribution >= 4 is 25.6 Å². The van der Waals surface area contributed by atoms with Crippen molar-refractivity contribution in [2.45, 2.75) is 23.8 Å². The van der Waals surface area contributed by atoms with Crippen LogP contribution in [0.5, 0.6) is 0 Å². The van der Waals surface area contributed by atoms with Crippen molar-refractivity contribution in [2.75, 3.05) is 7.05 Å². The van der Waals surface area contributed by atoms with E-state index >= 15 is 0 Å². The maximum Gasteiger partial charge on any atom is 0.264 e. The summed E-state index contributed by atoms with van der Waals surface area (Å²) >= 11 is 0. The molecule has 0 unspecified atom stereocenters. The van der Waals surface area contributed by atoms with Gasteiger partial charge in [-0.25, -0.2) is 17.2 Å². The molecular weight excluding hydrogens is 300 g/mol. The van der Waals surface area contributed by atoms with Crippen molar-refractivity contribution < 1.29 is 22.0 Å². The Hall–Kier alpha value is -1.21. The van der Waals surface area contributed by atoms with E-state index in [4.69, 9.17) is 10.7 Å². The Kier molecular flexibility index (Phi) is 3.53. The molecule has 0 heterocycles. The number of rotatable bonds is 3. The zero-order valence-corrected chi connectivity index (χ0v) is 11.4. The SMILES string of the molecule is CN(C(=O)c1c(F)ccc(S(=O)(=O)Cl)c1F)C1CC1. The van der Waals surface area contributed by atoms with Gasteiger partial charge in [-0.3, -0.25) is 4.79 Å². The first-order valence-electron chi connectivity index (χ1n) is 5.43. The second-order valence-electron chi connectivity index (χ2n) is 4.32. The molecule has 0 aliphatic heterocycles. The monoisotopic (exact) mass is 309 g/mol. The normalized spacial score (nSPS) is 15.4. The smallest absolute Gasteiger partial charge is 0.264 e. The fourth-order valence-corrected chi connectivity index (χ4v) is 2.63. The minimum absolute atomic E-state index is 0.0532. The molecule has 0 bridgehead atoms. The molecule has 0 saturated heterocycles. The van der Waals surface area contributed by atoms with Gasteiger partial charge in [0.2, 0.25) is 0 Å². The van der Waals surface area contributed by atoms with Gasteiger partial charge in [0, 0.05) is 23.8 Å². The first kappa shape index (κ1) is 14.2. The number of halogens is 3. The molecule has 104 valence electrons. The van der Waals surface area contributed by atoms with E-state index in [1.165, 1.54) is 11.9 Å². The number of carbonyl (C=O) groups excluding carboxylic acids is 1. The predicted molar refractivity (Wildman–Crippen MR) is 64.5 cm³/mol. The molecule has 1 aliphatic carbocycles. The van der Waals surface area contributed by atoms with Crippen molar-refractivity contribution in [1.29, 1.82) is 0 Å². The maximum atomic E-state index is 14.0. The van der Waals surface area contributed by atoms with Crippen LogP contribution in [0.1, 0.15) is 23.2 Å². The molecule has 1 saturated carbocycles. The molecule has 8 heteroatoms. The van der Waals surface area contributed by atoms with E-state index < -0.39 is 37.1 Å². The minimum atomic E-state index is -4.38. The van der Waals surface area contributed by atoms with Gasteiger partial charge < -0.3 is 4.90 Å². The Labute approximate surface area is 113 Å². The van der Waals surface area contributed by atoms with Crippen LogP contribution >= 0.6 is 10.7 Å². The van der Waals surface area contributed by atoms with Crippen LogP contribution in [0.15, 0.2) is 17.0 Å². The summed E-state index contributed by atoms with van der Waals surface area (Å²) < 4.78 is 49.8. The van der Waals surface area contributed by atoms with Gasteiger partial charge in [-0.15, -0.1) is 0 Å². The summed E-state index contributed by atoms with van der Waals surface area (Å²) in [6.45, 7) is 0. The quantitative estimate of drug-likeness (QED) is 0.804. The lowest BCUT2D eigenvalue weighted by Crippen LogP contribution is -2.30. The van der Waals surface area contributed by atoms with Crippen molar-refractivity contribution in [3.8, 4) is 0 Å². The Balaban J connectivity index is 2.53. The summed E-state index contributed by atoms with van der Waals surface area (Å²) in [5.74, 6) is -3.45. The van der Waals surface area contributed by atoms with Crippen molar-refractivity contribution in [1.82, 2.24) is 4.90 Å². The number of carbonyl (C=O) groups is 1. The van der Waals surface area contributed by atoms with E-state index in [0.29, 0.717) is 12.1 Å². The van der Waals surface area contributed by atoms with Crippen LogP contribution in [0, 0.1) is 11.6 Å². The lowest BCUT2D eigenvalue weighted by atomic mass is 10.1. The number of benzene rings is 1. The highest BCUT2D eigenvalue weighted by molar-refractivity contribution is 8.13. The molecule has 0 aromatic heterocycles. The third kappa shape index (κ3) is 2.71. The van der Waals surface area contributed by atoms with E-state index in [0.717, 1.165) is 12.8 Å². The van der Waals surface area contributed by atoms with Crippen molar-refractivity contribution in [3.63, 3.8) is 0 Å². The molecular formula is C11H10ClF2NO3S. The molecule has 1 aromatic rings. The summed E-state index contributed by atoms with van der Waals surface area (Å²) in [5.41, 5.74) is -0.892. The summed E-state index contributed by atoms with van der Waals surface area (Å²) in [6, 6.07) is 1.36. The molecule has 1 amide bonds. The Morgan fingerprint density at radius 3 is 2.42 bits per heavy atom. The Morgan fingerprint density at radius 2 is 1.95 bits per heavy atom. The van der Waals surface area contributed by atoms with E-state index in [2.05, 4.69) is 0 Å². The van der Waals surface area contributed by atoms with Crippen LogP contribution in [0.4, 0.5) is 8.78 Å². The van der Waals surface area contributed by atoms with Gasteiger partial charge in [-0.05, 0) is 25.0 Å². The highest BCUT2D eigenvalue weighted by atomic mass is 35.7. The summed E-state index contributed by atoms with van der Waals surface area (Å²) in [7, 11) is 2.07. The van der Waals surface area contributed by atoms with Crippen LogP contribution in [0.25, 0.3) is 0 Å². The standard InChI is InChI=1S/C11H10ClF2NO3S/c1-15(6-2-3-6)11(16)9-7(13)4-5-8(10(9)14)19(12,17)18/h4-6H,2-3H2,1H3. The molecule has 4 nitrogen and oxygen atoms in total. The second-order valence-corrected chi connectivity index (χ2v) is 6.85. The Bertz CT molecular complexity index is 644. The van der Waals surface area contributed by atoms with E-state index in [9.17, 15) is 22.0 Å². The highest BCUT2D eigenvalue weighted by Gasteiger charge is 2.34. The topological polar surface area (TPSA) is 54.5 Å². The third-order valence-electron chi connectivity index (χ3n) is 2.95. The van der Waals surface area contributed by atoms with Crippen LogP contribution < -0.4 is 0 Å². The van der Waals surface area contributed by atoms with Crippen LogP contribution in [-0.4, -0.2) is 32.3 Å². The second kappa shape index (κ2) is 4.72.